The van der Waals surface area contributed by atoms with Crippen LogP contribution in [0.15, 0.2) is 0 Å². The largest absolute Gasteiger partial charge is 0.450 e. The van der Waals surface area contributed by atoms with Crippen LogP contribution in [0.2, 0.25) is 25.7 Å². The first-order valence-corrected chi connectivity index (χ1v) is 10.4. The second kappa shape index (κ2) is 9.35. The molecule has 108 valence electrons. The Bertz CT molecular complexity index is 232. The van der Waals surface area contributed by atoms with E-state index in [1.54, 1.807) is 0 Å². The lowest BCUT2D eigenvalue weighted by atomic mass is 10.1. The zero-order valence-electron chi connectivity index (χ0n) is 12.0. The predicted molar refractivity (Wildman–Crippen MR) is 78.4 cm³/mol. The summed E-state index contributed by atoms with van der Waals surface area (Å²) in [5.74, 6) is 0. The second-order valence-electron chi connectivity index (χ2n) is 5.86. The molecular formula is C12H29N3O2Si. The first-order chi connectivity index (χ1) is 8.35. The smallest absolute Gasteiger partial charge is 0.407 e. The number of rotatable bonds is 9. The third-order valence-corrected chi connectivity index (χ3v) is 4.36. The van der Waals surface area contributed by atoms with E-state index in [1.165, 1.54) is 0 Å². The molecule has 0 aliphatic heterocycles. The van der Waals surface area contributed by atoms with Gasteiger partial charge in [0.25, 0.3) is 0 Å². The Morgan fingerprint density at radius 2 is 2.00 bits per heavy atom. The minimum atomic E-state index is -1.12. The van der Waals surface area contributed by atoms with Crippen LogP contribution >= 0.6 is 0 Å². The van der Waals surface area contributed by atoms with E-state index in [9.17, 15) is 4.79 Å². The van der Waals surface area contributed by atoms with Gasteiger partial charge in [-0.1, -0.05) is 26.1 Å². The number of carbonyl (C=O) groups excluding carboxylic acids is 1. The van der Waals surface area contributed by atoms with E-state index in [1.807, 2.05) is 0 Å². The molecule has 0 aromatic heterocycles. The summed E-state index contributed by atoms with van der Waals surface area (Å²) in [7, 11) is -1.12. The average Bonchev–Trinajstić information content (AvgIpc) is 2.26. The van der Waals surface area contributed by atoms with Gasteiger partial charge in [-0.3, -0.25) is 0 Å². The summed E-state index contributed by atoms with van der Waals surface area (Å²) in [4.78, 5) is 11.3. The molecule has 0 saturated carbocycles. The fraction of sp³-hybridized carbons (Fsp3) is 0.917. The molecular weight excluding hydrogens is 246 g/mol. The highest BCUT2D eigenvalue weighted by molar-refractivity contribution is 6.76. The average molecular weight is 275 g/mol. The van der Waals surface area contributed by atoms with Crippen LogP contribution in [0.25, 0.3) is 0 Å². The molecule has 5 nitrogen and oxygen atoms in total. The Balaban J connectivity index is 3.38. The highest BCUT2D eigenvalue weighted by Gasteiger charge is 2.13. The van der Waals surface area contributed by atoms with Crippen LogP contribution in [0.5, 0.6) is 0 Å². The fourth-order valence-corrected chi connectivity index (χ4v) is 2.06. The summed E-state index contributed by atoms with van der Waals surface area (Å²) in [6, 6.07) is 1.08. The summed E-state index contributed by atoms with van der Waals surface area (Å²) in [6.07, 6.45) is 2.49. The number of amides is 1. The second-order valence-corrected chi connectivity index (χ2v) is 11.5. The topological polar surface area (TPSA) is 90.4 Å². The molecule has 0 heterocycles. The van der Waals surface area contributed by atoms with Crippen molar-refractivity contribution in [3.63, 3.8) is 0 Å². The molecule has 0 rings (SSSR count). The Morgan fingerprint density at radius 1 is 1.33 bits per heavy atom. The van der Waals surface area contributed by atoms with Crippen LogP contribution in [-0.2, 0) is 4.74 Å². The van der Waals surface area contributed by atoms with Crippen LogP contribution in [0, 0.1) is 0 Å². The van der Waals surface area contributed by atoms with Gasteiger partial charge in [0.1, 0.15) is 0 Å². The van der Waals surface area contributed by atoms with Gasteiger partial charge >= 0.3 is 6.09 Å². The Labute approximate surface area is 112 Å². The molecule has 0 aliphatic rings. The highest BCUT2D eigenvalue weighted by atomic mass is 28.3. The summed E-state index contributed by atoms with van der Waals surface area (Å²) < 4.78 is 5.11. The van der Waals surface area contributed by atoms with Gasteiger partial charge in [0.2, 0.25) is 0 Å². The van der Waals surface area contributed by atoms with Crippen LogP contribution < -0.4 is 16.8 Å². The third-order valence-electron chi connectivity index (χ3n) is 2.66. The van der Waals surface area contributed by atoms with Crippen molar-refractivity contribution in [1.82, 2.24) is 5.32 Å². The van der Waals surface area contributed by atoms with Crippen LogP contribution in [0.1, 0.15) is 19.3 Å². The van der Waals surface area contributed by atoms with Gasteiger partial charge in [0.15, 0.2) is 0 Å². The van der Waals surface area contributed by atoms with Gasteiger partial charge in [-0.05, 0) is 18.9 Å². The van der Waals surface area contributed by atoms with Crippen molar-refractivity contribution in [2.24, 2.45) is 11.5 Å². The van der Waals surface area contributed by atoms with Crippen molar-refractivity contribution in [2.75, 3.05) is 19.7 Å². The van der Waals surface area contributed by atoms with E-state index in [4.69, 9.17) is 16.2 Å². The molecule has 0 bridgehead atoms. The summed E-state index contributed by atoms with van der Waals surface area (Å²) in [5.41, 5.74) is 11.1. The molecule has 5 N–H and O–H groups in total. The predicted octanol–water partition coefficient (Wildman–Crippen LogP) is 1.51. The van der Waals surface area contributed by atoms with Crippen LogP contribution in [0.4, 0.5) is 4.79 Å². The monoisotopic (exact) mass is 275 g/mol. The normalized spacial score (nSPS) is 13.2. The number of hydrogen-bond acceptors (Lipinski definition) is 4. The third kappa shape index (κ3) is 11.9. The highest BCUT2D eigenvalue weighted by Crippen LogP contribution is 2.07. The summed E-state index contributed by atoms with van der Waals surface area (Å²) in [5, 5.41) is 2.74. The first kappa shape index (κ1) is 17.4. The van der Waals surface area contributed by atoms with E-state index in [0.717, 1.165) is 25.3 Å². The molecule has 18 heavy (non-hydrogen) atoms. The molecule has 0 fully saturated rings. The molecule has 6 heteroatoms. The standard InChI is InChI=1S/C12H29N3O2Si/c1-18(2,3)9-8-17-12(16)15-7-5-4-6-11(14)10-13/h11H,4-10,13-14H2,1-3H3,(H,15,16)/t11-/m0/s1. The lowest BCUT2D eigenvalue weighted by Gasteiger charge is -2.15. The van der Waals surface area contributed by atoms with Gasteiger partial charge in [-0.2, -0.15) is 0 Å². The number of hydrogen-bond donors (Lipinski definition) is 3. The fourth-order valence-electron chi connectivity index (χ4n) is 1.34. The van der Waals surface area contributed by atoms with E-state index >= 15 is 0 Å². The molecule has 0 saturated heterocycles. The van der Waals surface area contributed by atoms with Crippen molar-refractivity contribution in [3.05, 3.63) is 0 Å². The summed E-state index contributed by atoms with van der Waals surface area (Å²) >= 11 is 0. The maximum Gasteiger partial charge on any atom is 0.407 e. The zero-order chi connectivity index (χ0) is 14.0. The van der Waals surface area contributed by atoms with Gasteiger partial charge < -0.3 is 21.5 Å². The quantitative estimate of drug-likeness (QED) is 0.439. The van der Waals surface area contributed by atoms with Crippen LogP contribution in [-0.4, -0.2) is 39.9 Å². The number of nitrogens with one attached hydrogen (secondary N) is 1. The Hall–Kier alpha value is -0.593. The van der Waals surface area contributed by atoms with Crippen molar-refractivity contribution in [2.45, 2.75) is 51.0 Å². The van der Waals surface area contributed by atoms with Crippen LogP contribution in [0.3, 0.4) is 0 Å². The lowest BCUT2D eigenvalue weighted by molar-refractivity contribution is 0.151. The van der Waals surface area contributed by atoms with Gasteiger partial charge in [0, 0.05) is 27.2 Å². The van der Waals surface area contributed by atoms with E-state index in [0.29, 0.717) is 19.7 Å². The maximum absolute atomic E-state index is 11.3. The molecule has 0 aliphatic carbocycles. The van der Waals surface area contributed by atoms with E-state index in [2.05, 4.69) is 25.0 Å². The minimum absolute atomic E-state index is 0.0775. The molecule has 1 amide bonds. The van der Waals surface area contributed by atoms with Gasteiger partial charge in [-0.25, -0.2) is 4.79 Å². The van der Waals surface area contributed by atoms with Crippen molar-refractivity contribution in [1.29, 1.82) is 0 Å². The number of alkyl carbamates (subject to hydrolysis) is 1. The molecule has 0 spiro atoms. The zero-order valence-corrected chi connectivity index (χ0v) is 13.0. The minimum Gasteiger partial charge on any atom is -0.450 e. The maximum atomic E-state index is 11.3. The number of ether oxygens (including phenoxy) is 1. The molecule has 0 unspecified atom stereocenters. The van der Waals surface area contributed by atoms with E-state index in [-0.39, 0.29) is 12.1 Å². The summed E-state index contributed by atoms with van der Waals surface area (Å²) in [6.45, 7) is 8.47. The lowest BCUT2D eigenvalue weighted by Crippen LogP contribution is -2.30. The molecule has 0 aromatic carbocycles. The van der Waals surface area contributed by atoms with Crippen molar-refractivity contribution < 1.29 is 9.53 Å². The van der Waals surface area contributed by atoms with Crippen molar-refractivity contribution >= 4 is 14.2 Å². The van der Waals surface area contributed by atoms with Crippen molar-refractivity contribution in [3.8, 4) is 0 Å². The Kier molecular flexibility index (Phi) is 9.04. The van der Waals surface area contributed by atoms with E-state index < -0.39 is 8.07 Å². The molecule has 1 atom stereocenters. The first-order valence-electron chi connectivity index (χ1n) is 6.71. The molecule has 0 radical (unpaired) electrons. The number of unbranched alkanes of at least 4 members (excludes halogenated alkanes) is 1. The number of nitrogens with two attached hydrogens (primary N) is 2. The van der Waals surface area contributed by atoms with Gasteiger partial charge in [-0.15, -0.1) is 0 Å². The Morgan fingerprint density at radius 3 is 2.56 bits per heavy atom. The SMILES string of the molecule is C[Si](C)(C)CCOC(=O)NCCCC[C@H](N)CN. The molecule has 0 aromatic rings. The number of carbonyl (C=O) groups is 1. The van der Waals surface area contributed by atoms with Gasteiger partial charge in [0.05, 0.1) is 6.61 Å².